The van der Waals surface area contributed by atoms with Crippen molar-refractivity contribution in [3.05, 3.63) is 77.1 Å². The number of carbonyl (C=O) groups is 2. The van der Waals surface area contributed by atoms with Gasteiger partial charge in [-0.05, 0) is 41.8 Å². The van der Waals surface area contributed by atoms with E-state index >= 15 is 0 Å². The van der Waals surface area contributed by atoms with Crippen LogP contribution in [0.3, 0.4) is 0 Å². The maximum Gasteiger partial charge on any atom is 0.290 e. The van der Waals surface area contributed by atoms with Gasteiger partial charge in [0.05, 0.1) is 11.6 Å². The van der Waals surface area contributed by atoms with Gasteiger partial charge in [-0.15, -0.1) is 0 Å². The van der Waals surface area contributed by atoms with Gasteiger partial charge < -0.3 is 10.0 Å². The average Bonchev–Trinajstić information content (AvgIpc) is 2.92. The topological polar surface area (TPSA) is 70.5 Å². The fourth-order valence-corrected chi connectivity index (χ4v) is 3.24. The Kier molecular flexibility index (Phi) is 5.35. The van der Waals surface area contributed by atoms with Crippen molar-refractivity contribution in [2.24, 2.45) is 5.92 Å². The van der Waals surface area contributed by atoms with E-state index in [0.717, 1.165) is 5.56 Å². The van der Waals surface area contributed by atoms with E-state index in [0.29, 0.717) is 12.0 Å². The Labute approximate surface area is 157 Å². The summed E-state index contributed by atoms with van der Waals surface area (Å²) in [6.45, 7) is 3.76. The predicted octanol–water partition coefficient (Wildman–Crippen LogP) is 3.38. The second kappa shape index (κ2) is 7.70. The summed E-state index contributed by atoms with van der Waals surface area (Å²) in [5, 5.41) is 10.4. The summed E-state index contributed by atoms with van der Waals surface area (Å²) in [6.07, 6.45) is 3.65. The van der Waals surface area contributed by atoms with E-state index in [1.165, 1.54) is 17.0 Å². The number of amides is 1. The van der Waals surface area contributed by atoms with Crippen LogP contribution >= 0.6 is 0 Å². The van der Waals surface area contributed by atoms with Crippen LogP contribution in [0.25, 0.3) is 0 Å². The average molecular weight is 368 g/mol. The lowest BCUT2D eigenvalue weighted by molar-refractivity contribution is -0.129. The second-order valence-electron chi connectivity index (χ2n) is 6.84. The third kappa shape index (κ3) is 3.74. The predicted molar refractivity (Wildman–Crippen MR) is 98.3 cm³/mol. The van der Waals surface area contributed by atoms with E-state index in [1.54, 1.807) is 50.5 Å². The quantitative estimate of drug-likeness (QED) is 0.849. The number of ketones is 1. The third-order valence-electron chi connectivity index (χ3n) is 4.67. The highest BCUT2D eigenvalue weighted by Gasteiger charge is 2.43. The molecule has 1 amide bonds. The number of rotatable bonds is 6. The third-order valence-corrected chi connectivity index (χ3v) is 4.67. The maximum absolute atomic E-state index is 13.1. The Morgan fingerprint density at radius 2 is 1.81 bits per heavy atom. The van der Waals surface area contributed by atoms with Crippen LogP contribution in [-0.4, -0.2) is 33.2 Å². The number of benzene rings is 1. The Morgan fingerprint density at radius 1 is 1.19 bits per heavy atom. The van der Waals surface area contributed by atoms with Crippen LogP contribution in [0.5, 0.6) is 0 Å². The van der Waals surface area contributed by atoms with Crippen molar-refractivity contribution < 1.29 is 19.1 Å². The molecule has 1 atom stereocenters. The zero-order valence-electron chi connectivity index (χ0n) is 15.2. The van der Waals surface area contributed by atoms with Crippen LogP contribution in [-0.2, 0) is 16.0 Å². The molecular weight excluding hydrogens is 347 g/mol. The van der Waals surface area contributed by atoms with Crippen molar-refractivity contribution in [3.8, 4) is 0 Å². The van der Waals surface area contributed by atoms with Gasteiger partial charge in [0.2, 0.25) is 0 Å². The molecule has 1 aliphatic rings. The Bertz CT molecular complexity index is 876. The molecule has 1 unspecified atom stereocenters. The monoisotopic (exact) mass is 368 g/mol. The number of aromatic nitrogens is 1. The molecule has 1 N–H and O–H groups in total. The van der Waals surface area contributed by atoms with Crippen LogP contribution in [0, 0.1) is 11.7 Å². The highest BCUT2D eigenvalue weighted by Crippen LogP contribution is 2.38. The first kappa shape index (κ1) is 18.8. The fourth-order valence-electron chi connectivity index (χ4n) is 3.24. The minimum atomic E-state index is -0.657. The van der Waals surface area contributed by atoms with Crippen molar-refractivity contribution in [2.75, 3.05) is 6.54 Å². The zero-order chi connectivity index (χ0) is 19.6. The van der Waals surface area contributed by atoms with E-state index in [4.69, 9.17) is 0 Å². The molecule has 0 fully saturated rings. The van der Waals surface area contributed by atoms with Crippen molar-refractivity contribution in [2.45, 2.75) is 26.3 Å². The molecule has 5 nitrogen and oxygen atoms in total. The summed E-state index contributed by atoms with van der Waals surface area (Å²) in [6, 6.07) is 8.85. The summed E-state index contributed by atoms with van der Waals surface area (Å²) in [5.74, 6) is -1.99. The number of halogens is 1. The molecule has 0 spiro atoms. The molecule has 1 aromatic heterocycles. The summed E-state index contributed by atoms with van der Waals surface area (Å²) >= 11 is 0. The summed E-state index contributed by atoms with van der Waals surface area (Å²) in [7, 11) is 0. The number of aliphatic hydroxyl groups excluding tert-OH is 1. The molecule has 1 aromatic carbocycles. The number of pyridine rings is 1. The standard InChI is InChI=1S/C21H21FN2O3/c1-13(2)19(25)17-18(15-7-10-23-11-8-15)24(21(27)20(17)26)12-9-14-3-5-16(22)6-4-14/h3-8,10-11,13,18,26H,9,12H2,1-2H3. The second-order valence-corrected chi connectivity index (χ2v) is 6.84. The number of aliphatic hydroxyl groups is 1. The summed E-state index contributed by atoms with van der Waals surface area (Å²) < 4.78 is 13.1. The maximum atomic E-state index is 13.1. The highest BCUT2D eigenvalue weighted by atomic mass is 19.1. The Balaban J connectivity index is 1.93. The molecule has 140 valence electrons. The lowest BCUT2D eigenvalue weighted by Crippen LogP contribution is -2.33. The van der Waals surface area contributed by atoms with Crippen LogP contribution < -0.4 is 0 Å². The largest absolute Gasteiger partial charge is 0.503 e. The van der Waals surface area contributed by atoms with E-state index in [-0.39, 0.29) is 29.6 Å². The minimum Gasteiger partial charge on any atom is -0.503 e. The molecule has 0 bridgehead atoms. The van der Waals surface area contributed by atoms with Gasteiger partial charge in [0.1, 0.15) is 5.82 Å². The van der Waals surface area contributed by atoms with Crippen LogP contribution in [0.4, 0.5) is 4.39 Å². The molecule has 1 aliphatic heterocycles. The van der Waals surface area contributed by atoms with Gasteiger partial charge in [-0.1, -0.05) is 26.0 Å². The van der Waals surface area contributed by atoms with Crippen LogP contribution in [0.15, 0.2) is 60.1 Å². The molecule has 27 heavy (non-hydrogen) atoms. The minimum absolute atomic E-state index is 0.125. The van der Waals surface area contributed by atoms with Gasteiger partial charge in [0.25, 0.3) is 5.91 Å². The van der Waals surface area contributed by atoms with Crippen molar-refractivity contribution in [3.63, 3.8) is 0 Å². The fraction of sp³-hybridized carbons (Fsp3) is 0.286. The van der Waals surface area contributed by atoms with E-state index in [1.807, 2.05) is 0 Å². The molecule has 0 radical (unpaired) electrons. The normalized spacial score (nSPS) is 17.1. The molecule has 0 saturated heterocycles. The van der Waals surface area contributed by atoms with Gasteiger partial charge in [-0.2, -0.15) is 0 Å². The molecule has 2 heterocycles. The lowest BCUT2D eigenvalue weighted by Gasteiger charge is -2.27. The van der Waals surface area contributed by atoms with Gasteiger partial charge in [-0.25, -0.2) is 4.39 Å². The molecule has 2 aromatic rings. The van der Waals surface area contributed by atoms with Crippen molar-refractivity contribution >= 4 is 11.7 Å². The zero-order valence-corrected chi connectivity index (χ0v) is 15.2. The molecule has 6 heteroatoms. The van der Waals surface area contributed by atoms with Crippen molar-refractivity contribution in [1.82, 2.24) is 9.88 Å². The first-order valence-electron chi connectivity index (χ1n) is 8.82. The van der Waals surface area contributed by atoms with Gasteiger partial charge >= 0.3 is 0 Å². The first-order chi connectivity index (χ1) is 12.9. The molecular formula is C21H21FN2O3. The van der Waals surface area contributed by atoms with Gasteiger partial charge in [0.15, 0.2) is 11.5 Å². The van der Waals surface area contributed by atoms with Gasteiger partial charge in [-0.3, -0.25) is 14.6 Å². The SMILES string of the molecule is CC(C)C(=O)C1=C(O)C(=O)N(CCc2ccc(F)cc2)C1c1ccncc1. The van der Waals surface area contributed by atoms with Crippen LogP contribution in [0.1, 0.15) is 31.0 Å². The Morgan fingerprint density at radius 3 is 2.41 bits per heavy atom. The molecule has 0 saturated carbocycles. The lowest BCUT2D eigenvalue weighted by atomic mass is 9.91. The van der Waals surface area contributed by atoms with E-state index in [2.05, 4.69) is 4.98 Å². The smallest absolute Gasteiger partial charge is 0.290 e. The van der Waals surface area contributed by atoms with Crippen LogP contribution in [0.2, 0.25) is 0 Å². The highest BCUT2D eigenvalue weighted by molar-refractivity contribution is 6.09. The summed E-state index contributed by atoms with van der Waals surface area (Å²) in [5.41, 5.74) is 1.70. The van der Waals surface area contributed by atoms with Gasteiger partial charge in [0, 0.05) is 24.9 Å². The van der Waals surface area contributed by atoms with E-state index in [9.17, 15) is 19.1 Å². The Hall–Kier alpha value is -3.02. The van der Waals surface area contributed by atoms with E-state index < -0.39 is 17.7 Å². The number of Topliss-reactive ketones (excluding diaryl/α,β-unsaturated/α-hetero) is 1. The van der Waals surface area contributed by atoms with Crippen molar-refractivity contribution in [1.29, 1.82) is 0 Å². The summed E-state index contributed by atoms with van der Waals surface area (Å²) in [4.78, 5) is 30.9. The number of hydrogen-bond donors (Lipinski definition) is 1. The number of carbonyl (C=O) groups excluding carboxylic acids is 2. The number of nitrogens with zero attached hydrogens (tertiary/aromatic N) is 2. The first-order valence-corrected chi connectivity index (χ1v) is 8.82. The number of hydrogen-bond acceptors (Lipinski definition) is 4. The molecule has 0 aliphatic carbocycles. The molecule has 3 rings (SSSR count).